The molecular weight excluding hydrogens is 873 g/mol. The summed E-state index contributed by atoms with van der Waals surface area (Å²) in [5.74, 6) is 0. The molecule has 0 radical (unpaired) electrons. The Kier molecular flexibility index (Phi) is 9.82. The summed E-state index contributed by atoms with van der Waals surface area (Å²) in [7, 11) is 0. The third-order valence-corrected chi connectivity index (χ3v) is 14.3. The maximum Gasteiger partial charge on any atom is 0.0994 e. The van der Waals surface area contributed by atoms with Crippen LogP contribution in [0.2, 0.25) is 0 Å². The second-order valence-corrected chi connectivity index (χ2v) is 18.5. The fraction of sp³-hybridized carbons (Fsp3) is 0. The maximum absolute atomic E-state index is 5.61. The van der Waals surface area contributed by atoms with Gasteiger partial charge in [0.15, 0.2) is 0 Å². The minimum absolute atomic E-state index is 0.812. The van der Waals surface area contributed by atoms with Crippen LogP contribution in [0.4, 0.5) is 0 Å². The van der Waals surface area contributed by atoms with Crippen molar-refractivity contribution in [1.82, 2.24) is 19.1 Å². The number of hydrogen-bond acceptors (Lipinski definition) is 2. The van der Waals surface area contributed by atoms with Gasteiger partial charge in [-0.15, -0.1) is 0 Å². The normalized spacial score (nSPS) is 11.6. The predicted molar refractivity (Wildman–Crippen MR) is 301 cm³/mol. The summed E-state index contributed by atoms with van der Waals surface area (Å²) >= 11 is 0. The molecule has 0 atom stereocenters. The Morgan fingerprint density at radius 1 is 0.222 bits per heavy atom. The molecule has 72 heavy (non-hydrogen) atoms. The monoisotopic (exact) mass is 916 g/mol. The highest BCUT2D eigenvalue weighted by molar-refractivity contribution is 6.14. The van der Waals surface area contributed by atoms with Crippen LogP contribution in [0.25, 0.3) is 133 Å². The zero-order chi connectivity index (χ0) is 47.5. The Morgan fingerprint density at radius 2 is 0.486 bits per heavy atom. The van der Waals surface area contributed by atoms with Gasteiger partial charge in [-0.25, -0.2) is 9.97 Å². The van der Waals surface area contributed by atoms with Gasteiger partial charge in [-0.2, -0.15) is 0 Å². The second-order valence-electron chi connectivity index (χ2n) is 18.5. The van der Waals surface area contributed by atoms with Gasteiger partial charge in [-0.3, -0.25) is 0 Å². The zero-order valence-corrected chi connectivity index (χ0v) is 39.2. The van der Waals surface area contributed by atoms with E-state index in [1.807, 2.05) is 12.1 Å². The maximum atomic E-state index is 5.61. The van der Waals surface area contributed by atoms with Crippen LogP contribution in [0.3, 0.4) is 0 Å². The molecule has 0 unspecified atom stereocenters. The molecule has 0 fully saturated rings. The lowest BCUT2D eigenvalue weighted by Crippen LogP contribution is -2.03. The van der Waals surface area contributed by atoms with E-state index >= 15 is 0 Å². The van der Waals surface area contributed by atoms with E-state index < -0.39 is 0 Å². The molecule has 4 nitrogen and oxygen atoms in total. The third kappa shape index (κ3) is 6.92. The van der Waals surface area contributed by atoms with Crippen molar-refractivity contribution in [2.24, 2.45) is 0 Å². The first-order valence-electron chi connectivity index (χ1n) is 24.6. The zero-order valence-electron chi connectivity index (χ0n) is 39.2. The summed E-state index contributed by atoms with van der Waals surface area (Å²) < 4.78 is 4.86. The van der Waals surface area contributed by atoms with Gasteiger partial charge in [-0.05, 0) is 117 Å². The molecule has 336 valence electrons. The van der Waals surface area contributed by atoms with Crippen LogP contribution in [0.15, 0.2) is 267 Å². The van der Waals surface area contributed by atoms with Crippen LogP contribution in [0, 0.1) is 0 Å². The Bertz CT molecular complexity index is 3890. The Hall–Kier alpha value is -9.64. The Morgan fingerprint density at radius 3 is 0.792 bits per heavy atom. The second kappa shape index (κ2) is 17.1. The largest absolute Gasteiger partial charge is 0.309 e. The molecule has 0 saturated heterocycles. The van der Waals surface area contributed by atoms with Gasteiger partial charge in [0.05, 0.1) is 55.9 Å². The molecule has 14 aromatic rings. The molecule has 0 saturated carbocycles. The molecule has 0 aliphatic heterocycles. The first-order valence-corrected chi connectivity index (χ1v) is 24.6. The highest BCUT2D eigenvalue weighted by atomic mass is 15.0. The molecule has 3 aromatic heterocycles. The SMILES string of the molecule is c1ccc(-c2ccc3c(c2)c2cc(-c4ccccc4)ccc2n3-c2ccccc2-c2nc3ccccc3nc2-c2ccccc2-n2c3ccc(-c4ccccc4)cc3c3cc(-c4ccccc4)ccc32)cc1. The first kappa shape index (κ1) is 41.3. The molecule has 0 aliphatic carbocycles. The summed E-state index contributed by atoms with van der Waals surface area (Å²) in [4.78, 5) is 11.2. The molecule has 4 heteroatoms. The number of rotatable bonds is 8. The molecule has 0 amide bonds. The fourth-order valence-electron chi connectivity index (χ4n) is 10.9. The van der Waals surface area contributed by atoms with E-state index in [1.54, 1.807) is 0 Å². The highest BCUT2D eigenvalue weighted by Gasteiger charge is 2.24. The van der Waals surface area contributed by atoms with Crippen molar-refractivity contribution in [3.8, 4) is 78.4 Å². The van der Waals surface area contributed by atoms with Crippen molar-refractivity contribution in [3.63, 3.8) is 0 Å². The number of hydrogen-bond donors (Lipinski definition) is 0. The van der Waals surface area contributed by atoms with E-state index in [4.69, 9.17) is 9.97 Å². The summed E-state index contributed by atoms with van der Waals surface area (Å²) in [5.41, 5.74) is 21.3. The standard InChI is InChI=1S/C68H44N4/c1-5-19-45(20-6-1)49-33-37-63-55(41-49)56-42-50(46-21-7-2-8-22-46)34-38-64(56)71(63)61-31-17-13-27-53(61)67-68(70-60-30-16-15-29-59(60)69-67)54-28-14-18-32-62(54)72-65-39-35-51(47-23-9-3-10-24-47)43-57(65)58-44-52(36-40-66(58)72)48-25-11-4-12-26-48/h1-44H. The highest BCUT2D eigenvalue weighted by Crippen LogP contribution is 2.44. The lowest BCUT2D eigenvalue weighted by atomic mass is 10.00. The van der Waals surface area contributed by atoms with Crippen LogP contribution in [0.5, 0.6) is 0 Å². The number of para-hydroxylation sites is 4. The van der Waals surface area contributed by atoms with Crippen molar-refractivity contribution in [1.29, 1.82) is 0 Å². The lowest BCUT2D eigenvalue weighted by molar-refractivity contribution is 1.16. The Balaban J connectivity index is 1.01. The number of benzene rings is 11. The van der Waals surface area contributed by atoms with Gasteiger partial charge in [0.1, 0.15) is 0 Å². The number of aromatic nitrogens is 4. The molecular formula is C68H44N4. The van der Waals surface area contributed by atoms with Gasteiger partial charge in [-0.1, -0.05) is 194 Å². The molecule has 14 rings (SSSR count). The number of fused-ring (bicyclic) bond motifs is 7. The average Bonchev–Trinajstić information content (AvgIpc) is 3.97. The predicted octanol–water partition coefficient (Wildman–Crippen LogP) is 17.8. The van der Waals surface area contributed by atoms with Crippen molar-refractivity contribution < 1.29 is 0 Å². The number of nitrogens with zero attached hydrogens (tertiary/aromatic N) is 4. The summed E-state index contributed by atoms with van der Waals surface area (Å²) in [5, 5.41) is 4.75. The van der Waals surface area contributed by atoms with Crippen LogP contribution in [-0.4, -0.2) is 19.1 Å². The topological polar surface area (TPSA) is 35.6 Å². The quantitative estimate of drug-likeness (QED) is 0.152. The van der Waals surface area contributed by atoms with Crippen molar-refractivity contribution in [2.45, 2.75) is 0 Å². The van der Waals surface area contributed by atoms with E-state index in [-0.39, 0.29) is 0 Å². The first-order chi connectivity index (χ1) is 35.7. The van der Waals surface area contributed by atoms with Crippen molar-refractivity contribution in [3.05, 3.63) is 267 Å². The van der Waals surface area contributed by atoms with Crippen LogP contribution in [-0.2, 0) is 0 Å². The van der Waals surface area contributed by atoms with E-state index in [2.05, 4.69) is 264 Å². The summed E-state index contributed by atoms with van der Waals surface area (Å²) in [6.45, 7) is 0. The average molecular weight is 917 g/mol. The third-order valence-electron chi connectivity index (χ3n) is 14.3. The van der Waals surface area contributed by atoms with Gasteiger partial charge in [0, 0.05) is 32.7 Å². The lowest BCUT2D eigenvalue weighted by Gasteiger charge is -2.19. The smallest absolute Gasteiger partial charge is 0.0994 e. The summed E-state index contributed by atoms with van der Waals surface area (Å²) in [6, 6.07) is 95.9. The minimum atomic E-state index is 0.812. The van der Waals surface area contributed by atoms with E-state index in [9.17, 15) is 0 Å². The van der Waals surface area contributed by atoms with E-state index in [0.29, 0.717) is 0 Å². The van der Waals surface area contributed by atoms with E-state index in [1.165, 1.54) is 66.1 Å². The molecule has 0 bridgehead atoms. The van der Waals surface area contributed by atoms with E-state index in [0.717, 1.165) is 67.0 Å². The molecule has 0 aliphatic rings. The van der Waals surface area contributed by atoms with Crippen molar-refractivity contribution >= 4 is 54.6 Å². The van der Waals surface area contributed by atoms with Gasteiger partial charge in [0.25, 0.3) is 0 Å². The van der Waals surface area contributed by atoms with Gasteiger partial charge < -0.3 is 9.13 Å². The Labute approximate surface area is 417 Å². The summed E-state index contributed by atoms with van der Waals surface area (Å²) in [6.07, 6.45) is 0. The molecule has 3 heterocycles. The van der Waals surface area contributed by atoms with Crippen LogP contribution < -0.4 is 0 Å². The minimum Gasteiger partial charge on any atom is -0.309 e. The molecule has 11 aromatic carbocycles. The van der Waals surface area contributed by atoms with Crippen LogP contribution in [0.1, 0.15) is 0 Å². The molecule has 0 spiro atoms. The van der Waals surface area contributed by atoms with Gasteiger partial charge >= 0.3 is 0 Å². The van der Waals surface area contributed by atoms with Gasteiger partial charge in [0.2, 0.25) is 0 Å². The fourth-order valence-corrected chi connectivity index (χ4v) is 10.9. The molecule has 0 N–H and O–H groups in total. The van der Waals surface area contributed by atoms with Crippen LogP contribution >= 0.6 is 0 Å². The van der Waals surface area contributed by atoms with Crippen molar-refractivity contribution in [2.75, 3.05) is 0 Å².